The van der Waals surface area contributed by atoms with E-state index in [1.54, 1.807) is 4.90 Å². The van der Waals surface area contributed by atoms with Crippen LogP contribution in [0, 0.1) is 0 Å². The molecule has 6 heteroatoms. The fourth-order valence-corrected chi connectivity index (χ4v) is 1.66. The van der Waals surface area contributed by atoms with Gasteiger partial charge in [-0.1, -0.05) is 0 Å². The maximum atomic E-state index is 11.8. The number of hydrogen-bond acceptors (Lipinski definition) is 4. The minimum Gasteiger partial charge on any atom is -0.394 e. The van der Waals surface area contributed by atoms with Gasteiger partial charge in [-0.2, -0.15) is 0 Å². The Morgan fingerprint density at radius 1 is 1.59 bits per heavy atom. The lowest BCUT2D eigenvalue weighted by molar-refractivity contribution is 0.0790. The van der Waals surface area contributed by atoms with Gasteiger partial charge in [0.2, 0.25) is 0 Å². The largest absolute Gasteiger partial charge is 0.394 e. The Hall–Kier alpha value is -0.850. The van der Waals surface area contributed by atoms with E-state index >= 15 is 0 Å². The Morgan fingerprint density at radius 2 is 2.41 bits per heavy atom. The Bertz CT molecular complexity index is 220. The van der Waals surface area contributed by atoms with E-state index in [4.69, 9.17) is 14.6 Å². The number of nitrogens with zero attached hydrogens (tertiary/aromatic N) is 1. The van der Waals surface area contributed by atoms with Gasteiger partial charge in [0.25, 0.3) is 0 Å². The van der Waals surface area contributed by atoms with Gasteiger partial charge in [0.1, 0.15) is 0 Å². The highest BCUT2D eigenvalue weighted by Gasteiger charge is 2.20. The smallest absolute Gasteiger partial charge is 0.317 e. The molecule has 0 aromatic rings. The predicted molar refractivity (Wildman–Crippen MR) is 62.9 cm³/mol. The van der Waals surface area contributed by atoms with Crippen LogP contribution in [-0.2, 0) is 9.47 Å². The summed E-state index contributed by atoms with van der Waals surface area (Å²) in [5.74, 6) is 0. The molecule has 1 fully saturated rings. The molecule has 0 spiro atoms. The molecule has 0 bridgehead atoms. The van der Waals surface area contributed by atoms with Crippen molar-refractivity contribution in [2.24, 2.45) is 0 Å². The summed E-state index contributed by atoms with van der Waals surface area (Å²) in [6.07, 6.45) is 0.879. The normalized spacial score (nSPS) is 19.3. The van der Waals surface area contributed by atoms with Crippen LogP contribution in [0.25, 0.3) is 0 Å². The zero-order valence-corrected chi connectivity index (χ0v) is 10.4. The summed E-state index contributed by atoms with van der Waals surface area (Å²) in [7, 11) is 0. The number of carbonyl (C=O) groups excluding carboxylic acids is 1. The highest BCUT2D eigenvalue weighted by Crippen LogP contribution is 2.04. The Morgan fingerprint density at radius 3 is 3.00 bits per heavy atom. The fourth-order valence-electron chi connectivity index (χ4n) is 1.66. The van der Waals surface area contributed by atoms with Gasteiger partial charge in [0, 0.05) is 19.7 Å². The summed E-state index contributed by atoms with van der Waals surface area (Å²) in [6, 6.07) is 0.0607. The van der Waals surface area contributed by atoms with Crippen molar-refractivity contribution in [3.8, 4) is 0 Å². The third kappa shape index (κ3) is 5.34. The molecule has 0 aromatic carbocycles. The first-order valence-electron chi connectivity index (χ1n) is 6.09. The maximum Gasteiger partial charge on any atom is 0.317 e. The van der Waals surface area contributed by atoms with Crippen LogP contribution in [-0.4, -0.2) is 68.2 Å². The molecule has 1 saturated heterocycles. The molecule has 0 aliphatic carbocycles. The van der Waals surface area contributed by atoms with Gasteiger partial charge in [0.15, 0.2) is 0 Å². The quantitative estimate of drug-likeness (QED) is 0.611. The molecular formula is C11H22N2O4. The Balaban J connectivity index is 2.20. The summed E-state index contributed by atoms with van der Waals surface area (Å²) in [4.78, 5) is 13.5. The lowest BCUT2D eigenvalue weighted by Crippen LogP contribution is -2.46. The molecular weight excluding hydrogens is 224 g/mol. The van der Waals surface area contributed by atoms with Crippen LogP contribution in [0.1, 0.15) is 13.3 Å². The first-order valence-corrected chi connectivity index (χ1v) is 6.09. The predicted octanol–water partition coefficient (Wildman–Crippen LogP) is -0.184. The first kappa shape index (κ1) is 14.2. The first-order chi connectivity index (χ1) is 8.27. The second-order valence-electron chi connectivity index (χ2n) is 3.93. The average molecular weight is 246 g/mol. The molecule has 17 heavy (non-hydrogen) atoms. The van der Waals surface area contributed by atoms with Gasteiger partial charge >= 0.3 is 6.03 Å². The van der Waals surface area contributed by atoms with Crippen molar-refractivity contribution in [2.75, 3.05) is 46.1 Å². The van der Waals surface area contributed by atoms with Crippen LogP contribution < -0.4 is 5.32 Å². The number of amides is 2. The average Bonchev–Trinajstić information content (AvgIpc) is 2.82. The van der Waals surface area contributed by atoms with E-state index in [1.165, 1.54) is 0 Å². The van der Waals surface area contributed by atoms with E-state index in [0.717, 1.165) is 13.0 Å². The Kier molecular flexibility index (Phi) is 6.91. The molecule has 1 aliphatic rings. The number of carbonyl (C=O) groups is 1. The van der Waals surface area contributed by atoms with Gasteiger partial charge in [-0.05, 0) is 13.3 Å². The van der Waals surface area contributed by atoms with E-state index in [9.17, 15) is 4.79 Å². The molecule has 1 rings (SSSR count). The van der Waals surface area contributed by atoms with E-state index in [-0.39, 0.29) is 18.7 Å². The lowest BCUT2D eigenvalue weighted by Gasteiger charge is -2.23. The molecule has 1 unspecified atom stereocenters. The summed E-state index contributed by atoms with van der Waals surface area (Å²) >= 11 is 0. The van der Waals surface area contributed by atoms with Crippen molar-refractivity contribution in [2.45, 2.75) is 19.4 Å². The number of urea groups is 1. The molecule has 1 atom stereocenters. The summed E-state index contributed by atoms with van der Waals surface area (Å²) in [6.45, 7) is 5.20. The van der Waals surface area contributed by atoms with Crippen LogP contribution in [0.4, 0.5) is 4.79 Å². The minimum absolute atomic E-state index is 0.0116. The van der Waals surface area contributed by atoms with Crippen molar-refractivity contribution < 1.29 is 19.4 Å². The molecule has 2 N–H and O–H groups in total. The fraction of sp³-hybridized carbons (Fsp3) is 0.909. The molecule has 0 radical (unpaired) electrons. The topological polar surface area (TPSA) is 71.0 Å². The number of nitrogens with one attached hydrogen (secondary N) is 1. The summed E-state index contributed by atoms with van der Waals surface area (Å²) in [5.41, 5.74) is 0. The maximum absolute atomic E-state index is 11.8. The molecule has 6 nitrogen and oxygen atoms in total. The zero-order chi connectivity index (χ0) is 12.5. The summed E-state index contributed by atoms with van der Waals surface area (Å²) in [5, 5.41) is 11.5. The monoisotopic (exact) mass is 246 g/mol. The van der Waals surface area contributed by atoms with Crippen molar-refractivity contribution >= 4 is 6.03 Å². The van der Waals surface area contributed by atoms with Crippen LogP contribution in [0.15, 0.2) is 0 Å². The molecule has 2 amide bonds. The number of aliphatic hydroxyl groups excluding tert-OH is 1. The van der Waals surface area contributed by atoms with Gasteiger partial charge in [-0.15, -0.1) is 0 Å². The van der Waals surface area contributed by atoms with Crippen molar-refractivity contribution in [1.29, 1.82) is 0 Å². The van der Waals surface area contributed by atoms with Crippen LogP contribution in [0.3, 0.4) is 0 Å². The molecule has 0 saturated carbocycles. The molecule has 1 heterocycles. The number of hydrogen-bond donors (Lipinski definition) is 2. The molecule has 0 aromatic heterocycles. The third-order valence-corrected chi connectivity index (χ3v) is 2.67. The van der Waals surface area contributed by atoms with Crippen molar-refractivity contribution in [3.05, 3.63) is 0 Å². The summed E-state index contributed by atoms with van der Waals surface area (Å²) < 4.78 is 10.3. The van der Waals surface area contributed by atoms with E-state index in [0.29, 0.717) is 32.9 Å². The van der Waals surface area contributed by atoms with Gasteiger partial charge in [-0.3, -0.25) is 0 Å². The van der Waals surface area contributed by atoms with E-state index < -0.39 is 0 Å². The van der Waals surface area contributed by atoms with Gasteiger partial charge < -0.3 is 24.8 Å². The van der Waals surface area contributed by atoms with Crippen LogP contribution in [0.5, 0.6) is 0 Å². The van der Waals surface area contributed by atoms with Crippen LogP contribution >= 0.6 is 0 Å². The third-order valence-electron chi connectivity index (χ3n) is 2.67. The van der Waals surface area contributed by atoms with E-state index in [1.807, 2.05) is 6.92 Å². The molecule has 1 aliphatic heterocycles. The van der Waals surface area contributed by atoms with Crippen molar-refractivity contribution in [3.63, 3.8) is 0 Å². The minimum atomic E-state index is -0.0735. The number of aliphatic hydroxyl groups is 1. The van der Waals surface area contributed by atoms with Gasteiger partial charge in [-0.25, -0.2) is 4.79 Å². The van der Waals surface area contributed by atoms with Crippen LogP contribution in [0.2, 0.25) is 0 Å². The zero-order valence-electron chi connectivity index (χ0n) is 10.4. The Labute approximate surface area is 102 Å². The SMILES string of the molecule is CCN(CCOCCO)C(=O)NC1CCOC1. The highest BCUT2D eigenvalue weighted by molar-refractivity contribution is 5.74. The lowest BCUT2D eigenvalue weighted by atomic mass is 10.3. The highest BCUT2D eigenvalue weighted by atomic mass is 16.5. The standard InChI is InChI=1S/C11H22N2O4/c1-2-13(4-7-16-8-5-14)11(15)12-10-3-6-17-9-10/h10,14H,2-9H2,1H3,(H,12,15). The van der Waals surface area contributed by atoms with E-state index in [2.05, 4.69) is 5.32 Å². The van der Waals surface area contributed by atoms with Gasteiger partial charge in [0.05, 0.1) is 32.5 Å². The number of ether oxygens (including phenoxy) is 2. The number of likely N-dealkylation sites (N-methyl/N-ethyl adjacent to an activating group) is 1. The second-order valence-corrected chi connectivity index (χ2v) is 3.93. The number of rotatable bonds is 7. The van der Waals surface area contributed by atoms with Crippen molar-refractivity contribution in [1.82, 2.24) is 10.2 Å². The second kappa shape index (κ2) is 8.27. The molecule has 100 valence electrons.